The molecule has 2 aromatic rings. The van der Waals surface area contributed by atoms with Gasteiger partial charge in [0.25, 0.3) is 0 Å². The number of carbonyl (C=O) groups excluding carboxylic acids is 2. The molecule has 0 radical (unpaired) electrons. The number of hydrogen-bond donors (Lipinski definition) is 1. The highest BCUT2D eigenvalue weighted by Crippen LogP contribution is 2.32. The number of halogens is 1. The van der Waals surface area contributed by atoms with E-state index >= 15 is 0 Å². The highest BCUT2D eigenvalue weighted by atomic mass is 19.1. The number of cyclic esters (lactones) is 1. The van der Waals surface area contributed by atoms with Gasteiger partial charge in [0.1, 0.15) is 11.9 Å². The molecule has 5 heteroatoms. The van der Waals surface area contributed by atoms with Crippen molar-refractivity contribution in [2.24, 2.45) is 0 Å². The summed E-state index contributed by atoms with van der Waals surface area (Å²) >= 11 is 0. The Balaban J connectivity index is 1.67. The first-order valence-electron chi connectivity index (χ1n) is 7.40. The third kappa shape index (κ3) is 3.08. The van der Waals surface area contributed by atoms with E-state index in [0.29, 0.717) is 16.7 Å². The lowest BCUT2D eigenvalue weighted by molar-refractivity contribution is -0.123. The lowest BCUT2D eigenvalue weighted by atomic mass is 10.0. The Labute approximate surface area is 133 Å². The van der Waals surface area contributed by atoms with Crippen molar-refractivity contribution in [1.29, 1.82) is 0 Å². The molecule has 2 atom stereocenters. The van der Waals surface area contributed by atoms with Gasteiger partial charge in [0.05, 0.1) is 18.0 Å². The number of fused-ring (bicyclic) bond motifs is 1. The summed E-state index contributed by atoms with van der Waals surface area (Å²) in [6.45, 7) is 1.71. The fourth-order valence-electron chi connectivity index (χ4n) is 2.74. The van der Waals surface area contributed by atoms with E-state index in [1.54, 1.807) is 49.4 Å². The van der Waals surface area contributed by atoms with Gasteiger partial charge in [0.2, 0.25) is 5.91 Å². The minimum atomic E-state index is -0.591. The second-order valence-electron chi connectivity index (χ2n) is 5.50. The Morgan fingerprint density at radius 1 is 1.22 bits per heavy atom. The predicted octanol–water partition coefficient (Wildman–Crippen LogP) is 3.30. The molecule has 118 valence electrons. The van der Waals surface area contributed by atoms with Crippen molar-refractivity contribution in [2.75, 3.05) is 0 Å². The largest absolute Gasteiger partial charge is 0.453 e. The monoisotopic (exact) mass is 313 g/mol. The zero-order valence-corrected chi connectivity index (χ0v) is 12.6. The maximum atomic E-state index is 13.7. The van der Waals surface area contributed by atoms with Crippen LogP contribution in [0.2, 0.25) is 0 Å². The highest BCUT2D eigenvalue weighted by Gasteiger charge is 2.32. The van der Waals surface area contributed by atoms with Gasteiger partial charge in [-0.15, -0.1) is 0 Å². The van der Waals surface area contributed by atoms with Crippen molar-refractivity contribution in [1.82, 2.24) is 5.32 Å². The summed E-state index contributed by atoms with van der Waals surface area (Å²) in [5, 5.41) is 2.74. The Kier molecular flexibility index (Phi) is 4.10. The third-order valence-corrected chi connectivity index (χ3v) is 3.90. The molecule has 0 bridgehead atoms. The van der Waals surface area contributed by atoms with Crippen LogP contribution in [-0.2, 0) is 9.53 Å². The maximum Gasteiger partial charge on any atom is 0.339 e. The van der Waals surface area contributed by atoms with Crippen LogP contribution in [0.5, 0.6) is 0 Å². The summed E-state index contributed by atoms with van der Waals surface area (Å²) in [7, 11) is 0. The van der Waals surface area contributed by atoms with Crippen molar-refractivity contribution in [3.8, 4) is 0 Å². The molecule has 0 spiro atoms. The number of benzene rings is 2. The van der Waals surface area contributed by atoms with Crippen molar-refractivity contribution in [3.63, 3.8) is 0 Å². The zero-order chi connectivity index (χ0) is 16.4. The van der Waals surface area contributed by atoms with Gasteiger partial charge in [-0.2, -0.15) is 0 Å². The Morgan fingerprint density at radius 3 is 2.70 bits per heavy atom. The quantitative estimate of drug-likeness (QED) is 0.881. The number of rotatable bonds is 4. The number of hydrogen-bond acceptors (Lipinski definition) is 3. The van der Waals surface area contributed by atoms with E-state index in [1.807, 2.05) is 0 Å². The standard InChI is InChI=1S/C18H16FNO3/c1-11(12-6-4-5-9-15(12)19)20-17(21)10-16-13-7-2-3-8-14(13)18(22)23-16/h2-9,11,16H,10H2,1H3,(H,20,21). The normalized spacial score (nSPS) is 17.3. The van der Waals surface area contributed by atoms with Crippen LogP contribution in [0.4, 0.5) is 4.39 Å². The molecule has 0 saturated heterocycles. The average molecular weight is 313 g/mol. The number of carbonyl (C=O) groups is 2. The van der Waals surface area contributed by atoms with Crippen LogP contribution in [0.3, 0.4) is 0 Å². The molecular formula is C18H16FNO3. The van der Waals surface area contributed by atoms with Gasteiger partial charge in [0.15, 0.2) is 0 Å². The van der Waals surface area contributed by atoms with Gasteiger partial charge < -0.3 is 10.1 Å². The molecule has 1 aliphatic rings. The van der Waals surface area contributed by atoms with E-state index in [0.717, 1.165) is 0 Å². The van der Waals surface area contributed by atoms with Gasteiger partial charge >= 0.3 is 5.97 Å². The molecule has 3 rings (SSSR count). The van der Waals surface area contributed by atoms with Crippen molar-refractivity contribution in [3.05, 3.63) is 71.0 Å². The Bertz CT molecular complexity index is 759. The van der Waals surface area contributed by atoms with Crippen LogP contribution in [0.15, 0.2) is 48.5 Å². The zero-order valence-electron chi connectivity index (χ0n) is 12.6. The molecular weight excluding hydrogens is 297 g/mol. The van der Waals surface area contributed by atoms with E-state index in [1.165, 1.54) is 6.07 Å². The molecule has 2 aromatic carbocycles. The third-order valence-electron chi connectivity index (χ3n) is 3.90. The van der Waals surface area contributed by atoms with Gasteiger partial charge in [-0.05, 0) is 19.1 Å². The lowest BCUT2D eigenvalue weighted by Crippen LogP contribution is -2.28. The summed E-state index contributed by atoms with van der Waals surface area (Å²) in [6, 6.07) is 12.8. The van der Waals surface area contributed by atoms with Crippen LogP contribution in [-0.4, -0.2) is 11.9 Å². The first-order valence-corrected chi connectivity index (χ1v) is 7.40. The first-order chi connectivity index (χ1) is 11.1. The van der Waals surface area contributed by atoms with Crippen LogP contribution in [0, 0.1) is 5.82 Å². The van der Waals surface area contributed by atoms with Gasteiger partial charge in [-0.1, -0.05) is 36.4 Å². The van der Waals surface area contributed by atoms with E-state index in [-0.39, 0.29) is 18.1 Å². The highest BCUT2D eigenvalue weighted by molar-refractivity contribution is 5.94. The van der Waals surface area contributed by atoms with Gasteiger partial charge in [-0.3, -0.25) is 4.79 Å². The van der Waals surface area contributed by atoms with E-state index in [4.69, 9.17) is 4.74 Å². The first kappa shape index (κ1) is 15.2. The molecule has 1 heterocycles. The molecule has 1 N–H and O–H groups in total. The maximum absolute atomic E-state index is 13.7. The summed E-state index contributed by atoms with van der Waals surface area (Å²) < 4.78 is 19.0. The van der Waals surface area contributed by atoms with E-state index in [9.17, 15) is 14.0 Å². The van der Waals surface area contributed by atoms with Crippen molar-refractivity contribution in [2.45, 2.75) is 25.5 Å². The second-order valence-corrected chi connectivity index (χ2v) is 5.50. The molecule has 2 unspecified atom stereocenters. The van der Waals surface area contributed by atoms with Crippen LogP contribution in [0.25, 0.3) is 0 Å². The smallest absolute Gasteiger partial charge is 0.339 e. The summed E-state index contributed by atoms with van der Waals surface area (Å²) in [5.41, 5.74) is 1.63. The average Bonchev–Trinajstić information content (AvgIpc) is 2.84. The fraction of sp³-hybridized carbons (Fsp3) is 0.222. The number of esters is 1. The molecule has 4 nitrogen and oxygen atoms in total. The van der Waals surface area contributed by atoms with Gasteiger partial charge in [-0.25, -0.2) is 9.18 Å². The predicted molar refractivity (Wildman–Crippen MR) is 82.2 cm³/mol. The molecule has 0 fully saturated rings. The fourth-order valence-corrected chi connectivity index (χ4v) is 2.74. The minimum absolute atomic E-state index is 0.0154. The summed E-state index contributed by atoms with van der Waals surface area (Å²) in [4.78, 5) is 23.9. The van der Waals surface area contributed by atoms with Crippen LogP contribution in [0.1, 0.15) is 47.0 Å². The van der Waals surface area contributed by atoms with Gasteiger partial charge in [0, 0.05) is 11.1 Å². The second kappa shape index (κ2) is 6.20. The summed E-state index contributed by atoms with van der Waals surface area (Å²) in [5.74, 6) is -1.08. The lowest BCUT2D eigenvalue weighted by Gasteiger charge is -2.17. The molecule has 0 aromatic heterocycles. The number of ether oxygens (including phenoxy) is 1. The van der Waals surface area contributed by atoms with E-state index < -0.39 is 18.1 Å². The summed E-state index contributed by atoms with van der Waals surface area (Å²) in [6.07, 6.45) is -0.576. The molecule has 0 aliphatic carbocycles. The van der Waals surface area contributed by atoms with E-state index in [2.05, 4.69) is 5.32 Å². The molecule has 1 aliphatic heterocycles. The SMILES string of the molecule is CC(NC(=O)CC1OC(=O)c2ccccc21)c1ccccc1F. The molecule has 23 heavy (non-hydrogen) atoms. The minimum Gasteiger partial charge on any atom is -0.453 e. The molecule has 0 saturated carbocycles. The van der Waals surface area contributed by atoms with Crippen LogP contribution < -0.4 is 5.32 Å². The van der Waals surface area contributed by atoms with Crippen molar-refractivity contribution < 1.29 is 18.7 Å². The molecule has 1 amide bonds. The number of nitrogens with one attached hydrogen (secondary N) is 1. The Morgan fingerprint density at radius 2 is 1.91 bits per heavy atom. The Hall–Kier alpha value is -2.69. The topological polar surface area (TPSA) is 55.4 Å². The van der Waals surface area contributed by atoms with Crippen molar-refractivity contribution >= 4 is 11.9 Å². The van der Waals surface area contributed by atoms with Crippen LogP contribution >= 0.6 is 0 Å². The number of amides is 1.